The number of nitrogens with one attached hydrogen (secondary N) is 2. The molecule has 0 heterocycles. The quantitative estimate of drug-likeness (QED) is 0.598. The van der Waals surface area contributed by atoms with E-state index in [1.807, 2.05) is 30.3 Å². The third-order valence-electron chi connectivity index (χ3n) is 3.25. The summed E-state index contributed by atoms with van der Waals surface area (Å²) in [7, 11) is 0. The Kier molecular flexibility index (Phi) is 7.53. The fourth-order valence-corrected chi connectivity index (χ4v) is 2.12. The Balaban J connectivity index is 2.79. The second-order valence-electron chi connectivity index (χ2n) is 5.21. The maximum atomic E-state index is 12.3. The molecular weight excluding hydrogens is 296 g/mol. The van der Waals surface area contributed by atoms with Crippen molar-refractivity contribution >= 4 is 17.8 Å². The van der Waals surface area contributed by atoms with Gasteiger partial charge in [0.1, 0.15) is 12.1 Å². The summed E-state index contributed by atoms with van der Waals surface area (Å²) in [6.45, 7) is 4.86. The average Bonchev–Trinajstić information content (AvgIpc) is 2.50. The monoisotopic (exact) mass is 318 g/mol. The Bertz CT molecular complexity index is 557. The van der Waals surface area contributed by atoms with Crippen LogP contribution in [0.2, 0.25) is 0 Å². The van der Waals surface area contributed by atoms with Gasteiger partial charge in [-0.25, -0.2) is 4.79 Å². The molecule has 6 nitrogen and oxygen atoms in total. The van der Waals surface area contributed by atoms with Crippen molar-refractivity contribution in [2.75, 3.05) is 0 Å². The Morgan fingerprint density at radius 2 is 1.83 bits per heavy atom. The van der Waals surface area contributed by atoms with Crippen LogP contribution in [0.15, 0.2) is 43.0 Å². The first-order valence-corrected chi connectivity index (χ1v) is 7.39. The predicted molar refractivity (Wildman–Crippen MR) is 86.7 cm³/mol. The summed E-state index contributed by atoms with van der Waals surface area (Å²) < 4.78 is 0. The molecule has 0 bridgehead atoms. The molecule has 0 spiro atoms. The molecule has 0 saturated heterocycles. The lowest BCUT2D eigenvalue weighted by Gasteiger charge is -2.21. The number of aliphatic carboxylic acids is 1. The Labute approximate surface area is 135 Å². The van der Waals surface area contributed by atoms with Gasteiger partial charge in [-0.05, 0) is 18.4 Å². The molecule has 3 N–H and O–H groups in total. The molecule has 124 valence electrons. The molecular formula is C17H22N2O4. The second kappa shape index (κ2) is 9.40. The number of hydrogen-bond donors (Lipinski definition) is 3. The molecule has 0 aliphatic carbocycles. The number of carbonyl (C=O) groups is 3. The number of amides is 2. The van der Waals surface area contributed by atoms with E-state index >= 15 is 0 Å². The minimum absolute atomic E-state index is 0.253. The van der Waals surface area contributed by atoms with Gasteiger partial charge in [-0.1, -0.05) is 36.4 Å². The molecule has 0 unspecified atom stereocenters. The number of allylic oxidation sites excluding steroid dienone is 1. The van der Waals surface area contributed by atoms with Crippen LogP contribution < -0.4 is 10.6 Å². The zero-order valence-electron chi connectivity index (χ0n) is 13.1. The molecule has 0 aromatic heterocycles. The molecule has 0 radical (unpaired) electrons. The van der Waals surface area contributed by atoms with Crippen molar-refractivity contribution < 1.29 is 19.5 Å². The van der Waals surface area contributed by atoms with E-state index in [1.54, 1.807) is 6.08 Å². The molecule has 0 fully saturated rings. The topological polar surface area (TPSA) is 95.5 Å². The minimum atomic E-state index is -1.11. The van der Waals surface area contributed by atoms with Crippen molar-refractivity contribution in [3.8, 4) is 0 Å². The van der Waals surface area contributed by atoms with Crippen LogP contribution in [0.25, 0.3) is 0 Å². The normalized spacial score (nSPS) is 12.7. The summed E-state index contributed by atoms with van der Waals surface area (Å²) in [6.07, 6.45) is 2.61. The standard InChI is InChI=1S/C17H22N2O4/c1-3-4-10-14(17(22)23)19-16(21)15(18-12(2)20)11-13-8-6-5-7-9-13/h3,5-9,14-15H,1,4,10-11H2,2H3,(H,18,20)(H,19,21)(H,22,23)/t14-,15+/m1/s1. The number of rotatable bonds is 9. The maximum Gasteiger partial charge on any atom is 0.326 e. The van der Waals surface area contributed by atoms with E-state index in [2.05, 4.69) is 17.2 Å². The lowest BCUT2D eigenvalue weighted by molar-refractivity contribution is -0.142. The van der Waals surface area contributed by atoms with Crippen LogP contribution in [-0.2, 0) is 20.8 Å². The molecule has 2 amide bonds. The highest BCUT2D eigenvalue weighted by Crippen LogP contribution is 2.05. The van der Waals surface area contributed by atoms with Gasteiger partial charge < -0.3 is 15.7 Å². The van der Waals surface area contributed by atoms with Gasteiger partial charge in [0.05, 0.1) is 0 Å². The highest BCUT2D eigenvalue weighted by atomic mass is 16.4. The minimum Gasteiger partial charge on any atom is -0.480 e. The van der Waals surface area contributed by atoms with Crippen molar-refractivity contribution in [3.63, 3.8) is 0 Å². The van der Waals surface area contributed by atoms with Crippen LogP contribution in [0.5, 0.6) is 0 Å². The first-order valence-electron chi connectivity index (χ1n) is 7.39. The molecule has 0 saturated carbocycles. The van der Waals surface area contributed by atoms with E-state index in [-0.39, 0.29) is 12.3 Å². The molecule has 1 aromatic carbocycles. The third kappa shape index (κ3) is 6.78. The Morgan fingerprint density at radius 1 is 1.17 bits per heavy atom. The molecule has 0 aliphatic heterocycles. The number of carboxylic acids is 1. The summed E-state index contributed by atoms with van der Waals surface area (Å²) in [4.78, 5) is 34.9. The van der Waals surface area contributed by atoms with E-state index in [0.29, 0.717) is 12.8 Å². The third-order valence-corrected chi connectivity index (χ3v) is 3.25. The fraction of sp³-hybridized carbons (Fsp3) is 0.353. The van der Waals surface area contributed by atoms with Gasteiger partial charge in [0.2, 0.25) is 11.8 Å². The van der Waals surface area contributed by atoms with Crippen molar-refractivity contribution in [1.29, 1.82) is 0 Å². The number of carbonyl (C=O) groups excluding carboxylic acids is 2. The van der Waals surface area contributed by atoms with Crippen LogP contribution in [0, 0.1) is 0 Å². The predicted octanol–water partition coefficient (Wildman–Crippen LogP) is 1.27. The zero-order chi connectivity index (χ0) is 17.2. The van der Waals surface area contributed by atoms with Crippen molar-refractivity contribution in [2.24, 2.45) is 0 Å². The molecule has 1 rings (SSSR count). The van der Waals surface area contributed by atoms with Crippen molar-refractivity contribution in [1.82, 2.24) is 10.6 Å². The van der Waals surface area contributed by atoms with E-state index in [4.69, 9.17) is 5.11 Å². The van der Waals surface area contributed by atoms with E-state index in [0.717, 1.165) is 5.56 Å². The van der Waals surface area contributed by atoms with Crippen molar-refractivity contribution in [2.45, 2.75) is 38.3 Å². The number of hydrogen-bond acceptors (Lipinski definition) is 3. The van der Waals surface area contributed by atoms with Crippen LogP contribution in [0.3, 0.4) is 0 Å². The molecule has 6 heteroatoms. The lowest BCUT2D eigenvalue weighted by atomic mass is 10.0. The molecule has 2 atom stereocenters. The van der Waals surface area contributed by atoms with E-state index < -0.39 is 24.0 Å². The van der Waals surface area contributed by atoms with Gasteiger partial charge in [-0.2, -0.15) is 0 Å². The van der Waals surface area contributed by atoms with Crippen LogP contribution in [0.4, 0.5) is 0 Å². The Hall–Kier alpha value is -2.63. The molecule has 23 heavy (non-hydrogen) atoms. The first kappa shape index (κ1) is 18.4. The van der Waals surface area contributed by atoms with Crippen molar-refractivity contribution in [3.05, 3.63) is 48.6 Å². The highest BCUT2D eigenvalue weighted by molar-refractivity contribution is 5.90. The fourth-order valence-electron chi connectivity index (χ4n) is 2.12. The van der Waals surface area contributed by atoms with Gasteiger partial charge in [-0.15, -0.1) is 6.58 Å². The summed E-state index contributed by atoms with van der Waals surface area (Å²) in [5.74, 6) is -1.97. The van der Waals surface area contributed by atoms with Gasteiger partial charge in [-0.3, -0.25) is 9.59 Å². The van der Waals surface area contributed by atoms with Gasteiger partial charge >= 0.3 is 5.97 Å². The second-order valence-corrected chi connectivity index (χ2v) is 5.21. The highest BCUT2D eigenvalue weighted by Gasteiger charge is 2.25. The number of benzene rings is 1. The largest absolute Gasteiger partial charge is 0.480 e. The van der Waals surface area contributed by atoms with Gasteiger partial charge in [0.15, 0.2) is 0 Å². The van der Waals surface area contributed by atoms with E-state index in [9.17, 15) is 14.4 Å². The Morgan fingerprint density at radius 3 is 2.35 bits per heavy atom. The van der Waals surface area contributed by atoms with Gasteiger partial charge in [0.25, 0.3) is 0 Å². The SMILES string of the molecule is C=CCC[C@@H](NC(=O)[C@H](Cc1ccccc1)NC(C)=O)C(=O)O. The first-order chi connectivity index (χ1) is 10.9. The average molecular weight is 318 g/mol. The van der Waals surface area contributed by atoms with E-state index in [1.165, 1.54) is 6.92 Å². The maximum absolute atomic E-state index is 12.3. The van der Waals surface area contributed by atoms with Crippen LogP contribution in [0.1, 0.15) is 25.3 Å². The summed E-state index contributed by atoms with van der Waals surface area (Å²) in [5, 5.41) is 14.2. The summed E-state index contributed by atoms with van der Waals surface area (Å²) >= 11 is 0. The molecule has 0 aliphatic rings. The smallest absolute Gasteiger partial charge is 0.326 e. The molecule has 1 aromatic rings. The summed E-state index contributed by atoms with van der Waals surface area (Å²) in [6, 6.07) is 7.38. The van der Waals surface area contributed by atoms with Crippen LogP contribution >= 0.6 is 0 Å². The zero-order valence-corrected chi connectivity index (χ0v) is 13.1. The summed E-state index contributed by atoms with van der Waals surface area (Å²) in [5.41, 5.74) is 0.874. The van der Waals surface area contributed by atoms with Crippen LogP contribution in [-0.4, -0.2) is 35.0 Å². The van der Waals surface area contributed by atoms with Gasteiger partial charge in [0, 0.05) is 13.3 Å². The number of carboxylic acid groups (broad SMARTS) is 1. The lowest BCUT2D eigenvalue weighted by Crippen LogP contribution is -2.52.